The van der Waals surface area contributed by atoms with Crippen molar-refractivity contribution in [2.75, 3.05) is 32.7 Å². The fraction of sp³-hybridized carbons (Fsp3) is 0.350. The molecule has 1 aliphatic rings. The lowest BCUT2D eigenvalue weighted by Gasteiger charge is -2.22. The number of thiophene rings is 1. The lowest BCUT2D eigenvalue weighted by atomic mass is 10.2. The molecule has 3 amide bonds. The molecule has 148 valence electrons. The van der Waals surface area contributed by atoms with E-state index >= 15 is 0 Å². The van der Waals surface area contributed by atoms with Crippen LogP contribution in [0.2, 0.25) is 0 Å². The molecule has 1 aromatic heterocycles. The Kier molecular flexibility index (Phi) is 6.76. The SMILES string of the molecule is O=C(NCCC(=O)N1CCCN(C(=O)c2ccccc2F)CC1)c1cccs1. The van der Waals surface area contributed by atoms with E-state index in [0.717, 1.165) is 0 Å². The van der Waals surface area contributed by atoms with Crippen LogP contribution in [0.25, 0.3) is 0 Å². The number of rotatable bonds is 5. The molecule has 0 atom stereocenters. The van der Waals surface area contributed by atoms with Crippen molar-refractivity contribution in [1.82, 2.24) is 15.1 Å². The monoisotopic (exact) mass is 403 g/mol. The van der Waals surface area contributed by atoms with Crippen molar-refractivity contribution in [3.63, 3.8) is 0 Å². The Morgan fingerprint density at radius 1 is 1.00 bits per heavy atom. The van der Waals surface area contributed by atoms with Crippen molar-refractivity contribution in [1.29, 1.82) is 0 Å². The Morgan fingerprint density at radius 3 is 2.50 bits per heavy atom. The van der Waals surface area contributed by atoms with Gasteiger partial charge in [0.2, 0.25) is 5.91 Å². The molecule has 1 fully saturated rings. The first-order valence-electron chi connectivity index (χ1n) is 9.19. The van der Waals surface area contributed by atoms with Crippen LogP contribution in [0.15, 0.2) is 41.8 Å². The van der Waals surface area contributed by atoms with Crippen molar-refractivity contribution in [3.8, 4) is 0 Å². The third kappa shape index (κ3) is 4.95. The fourth-order valence-corrected chi connectivity index (χ4v) is 3.75. The number of nitrogens with zero attached hydrogens (tertiary/aromatic N) is 2. The summed E-state index contributed by atoms with van der Waals surface area (Å²) in [4.78, 5) is 40.8. The molecule has 0 radical (unpaired) electrons. The number of carbonyl (C=O) groups is 3. The van der Waals surface area contributed by atoms with Crippen molar-refractivity contribution >= 4 is 29.1 Å². The van der Waals surface area contributed by atoms with Gasteiger partial charge in [0.15, 0.2) is 0 Å². The van der Waals surface area contributed by atoms with Crippen LogP contribution in [0, 0.1) is 5.82 Å². The molecule has 3 rings (SSSR count). The highest BCUT2D eigenvalue weighted by atomic mass is 32.1. The minimum absolute atomic E-state index is 0.0542. The number of hydrogen-bond donors (Lipinski definition) is 1. The number of benzene rings is 1. The molecular weight excluding hydrogens is 381 g/mol. The van der Waals surface area contributed by atoms with Crippen molar-refractivity contribution in [3.05, 3.63) is 58.0 Å². The second-order valence-corrected chi connectivity index (χ2v) is 7.44. The van der Waals surface area contributed by atoms with Crippen LogP contribution in [0.4, 0.5) is 4.39 Å². The summed E-state index contributed by atoms with van der Waals surface area (Å²) >= 11 is 1.35. The zero-order valence-electron chi connectivity index (χ0n) is 15.4. The number of amides is 3. The zero-order chi connectivity index (χ0) is 19.9. The number of halogens is 1. The largest absolute Gasteiger partial charge is 0.351 e. The van der Waals surface area contributed by atoms with Crippen molar-refractivity contribution < 1.29 is 18.8 Å². The Hall–Kier alpha value is -2.74. The minimum Gasteiger partial charge on any atom is -0.351 e. The first-order valence-corrected chi connectivity index (χ1v) is 10.1. The summed E-state index contributed by atoms with van der Waals surface area (Å²) in [6.45, 7) is 2.05. The Bertz CT molecular complexity index is 841. The second kappa shape index (κ2) is 9.45. The van der Waals surface area contributed by atoms with Gasteiger partial charge in [-0.05, 0) is 30.0 Å². The quantitative estimate of drug-likeness (QED) is 0.833. The van der Waals surface area contributed by atoms with E-state index in [1.807, 2.05) is 5.38 Å². The van der Waals surface area contributed by atoms with Crippen LogP contribution >= 0.6 is 11.3 Å². The lowest BCUT2D eigenvalue weighted by Crippen LogP contribution is -2.38. The van der Waals surface area contributed by atoms with Crippen molar-refractivity contribution in [2.24, 2.45) is 0 Å². The first-order chi connectivity index (χ1) is 13.6. The number of nitrogens with one attached hydrogen (secondary N) is 1. The summed E-state index contributed by atoms with van der Waals surface area (Å²) < 4.78 is 13.9. The van der Waals surface area contributed by atoms with E-state index in [4.69, 9.17) is 0 Å². The molecular formula is C20H22FN3O3S. The summed E-state index contributed by atoms with van der Waals surface area (Å²) in [6, 6.07) is 9.46. The lowest BCUT2D eigenvalue weighted by molar-refractivity contribution is -0.130. The van der Waals surface area contributed by atoms with Gasteiger partial charge in [0.1, 0.15) is 5.82 Å². The third-order valence-corrected chi connectivity index (χ3v) is 5.48. The average molecular weight is 403 g/mol. The molecule has 1 aromatic carbocycles. The maximum Gasteiger partial charge on any atom is 0.261 e. The maximum atomic E-state index is 13.9. The van der Waals surface area contributed by atoms with Gasteiger partial charge in [-0.2, -0.15) is 0 Å². The Labute approximate surface area is 166 Å². The van der Waals surface area contributed by atoms with Gasteiger partial charge in [-0.1, -0.05) is 18.2 Å². The highest BCUT2D eigenvalue weighted by molar-refractivity contribution is 7.12. The Balaban J connectivity index is 1.48. The number of hydrogen-bond acceptors (Lipinski definition) is 4. The standard InChI is InChI=1S/C20H22FN3O3S/c21-16-6-2-1-5-15(16)20(27)24-11-4-10-23(12-13-24)18(25)8-9-22-19(26)17-7-3-14-28-17/h1-3,5-7,14H,4,8-13H2,(H,22,26). The van der Waals surface area contributed by atoms with Crippen LogP contribution in [0.3, 0.4) is 0 Å². The van der Waals surface area contributed by atoms with Gasteiger partial charge in [-0.3, -0.25) is 14.4 Å². The van der Waals surface area contributed by atoms with E-state index in [1.54, 1.807) is 34.1 Å². The van der Waals surface area contributed by atoms with E-state index in [1.165, 1.54) is 23.5 Å². The van der Waals surface area contributed by atoms with Gasteiger partial charge < -0.3 is 15.1 Å². The average Bonchev–Trinajstić information content (AvgIpc) is 3.12. The molecule has 0 saturated carbocycles. The summed E-state index contributed by atoms with van der Waals surface area (Å²) in [6.07, 6.45) is 0.839. The topological polar surface area (TPSA) is 69.7 Å². The fourth-order valence-electron chi connectivity index (χ4n) is 3.11. The normalized spacial score (nSPS) is 14.5. The van der Waals surface area contributed by atoms with Gasteiger partial charge in [-0.25, -0.2) is 4.39 Å². The minimum atomic E-state index is -0.536. The van der Waals surface area contributed by atoms with E-state index in [9.17, 15) is 18.8 Å². The molecule has 1 N–H and O–H groups in total. The van der Waals surface area contributed by atoms with E-state index < -0.39 is 5.82 Å². The van der Waals surface area contributed by atoms with Crippen LogP contribution in [0.5, 0.6) is 0 Å². The van der Waals surface area contributed by atoms with Gasteiger partial charge in [-0.15, -0.1) is 11.3 Å². The second-order valence-electron chi connectivity index (χ2n) is 6.49. The summed E-state index contributed by atoms with van der Waals surface area (Å²) in [5.74, 6) is -1.13. The summed E-state index contributed by atoms with van der Waals surface area (Å²) in [7, 11) is 0. The summed E-state index contributed by atoms with van der Waals surface area (Å²) in [5.41, 5.74) is 0.0542. The Morgan fingerprint density at radius 2 is 1.75 bits per heavy atom. The number of carbonyl (C=O) groups excluding carboxylic acids is 3. The molecule has 0 bridgehead atoms. The summed E-state index contributed by atoms with van der Waals surface area (Å²) in [5, 5.41) is 4.57. The van der Waals surface area contributed by atoms with Gasteiger partial charge in [0.25, 0.3) is 11.8 Å². The predicted molar refractivity (Wildman–Crippen MR) is 105 cm³/mol. The first kappa shape index (κ1) is 20.0. The molecule has 0 unspecified atom stereocenters. The molecule has 6 nitrogen and oxygen atoms in total. The van der Waals surface area contributed by atoms with E-state index in [-0.39, 0.29) is 36.3 Å². The van der Waals surface area contributed by atoms with E-state index in [0.29, 0.717) is 37.5 Å². The molecule has 1 aliphatic heterocycles. The van der Waals surface area contributed by atoms with Crippen LogP contribution in [0.1, 0.15) is 32.9 Å². The van der Waals surface area contributed by atoms with E-state index in [2.05, 4.69) is 5.32 Å². The van der Waals surface area contributed by atoms with Crippen LogP contribution in [-0.2, 0) is 4.79 Å². The maximum absolute atomic E-state index is 13.9. The van der Waals surface area contributed by atoms with Gasteiger partial charge in [0, 0.05) is 39.1 Å². The molecule has 0 aliphatic carbocycles. The van der Waals surface area contributed by atoms with Gasteiger partial charge >= 0.3 is 0 Å². The molecule has 28 heavy (non-hydrogen) atoms. The molecule has 2 aromatic rings. The highest BCUT2D eigenvalue weighted by Crippen LogP contribution is 2.13. The molecule has 0 spiro atoms. The predicted octanol–water partition coefficient (Wildman–Crippen LogP) is 2.38. The van der Waals surface area contributed by atoms with Gasteiger partial charge in [0.05, 0.1) is 10.4 Å². The zero-order valence-corrected chi connectivity index (χ0v) is 16.2. The molecule has 2 heterocycles. The molecule has 1 saturated heterocycles. The third-order valence-electron chi connectivity index (χ3n) is 4.61. The van der Waals surface area contributed by atoms with Crippen LogP contribution in [-0.4, -0.2) is 60.2 Å². The van der Waals surface area contributed by atoms with Crippen LogP contribution < -0.4 is 5.32 Å². The molecule has 8 heteroatoms. The smallest absolute Gasteiger partial charge is 0.261 e. The van der Waals surface area contributed by atoms with Crippen molar-refractivity contribution in [2.45, 2.75) is 12.8 Å². The highest BCUT2D eigenvalue weighted by Gasteiger charge is 2.24.